The maximum Gasteiger partial charge on any atom is 0.179 e. The highest BCUT2D eigenvalue weighted by Gasteiger charge is 2.41. The van der Waals surface area contributed by atoms with E-state index in [1.165, 1.54) is 31.5 Å². The minimum Gasteiger partial charge on any atom is -0.456 e. The molecule has 0 atom stereocenters. The summed E-state index contributed by atoms with van der Waals surface area (Å²) >= 11 is 0. The summed E-state index contributed by atoms with van der Waals surface area (Å²) in [4.78, 5) is 15.6. The van der Waals surface area contributed by atoms with E-state index in [-0.39, 0.29) is 0 Å². The summed E-state index contributed by atoms with van der Waals surface area (Å²) < 4.78 is 6.31. The molecule has 2 aromatic heterocycles. The first-order valence-electron chi connectivity index (χ1n) is 20.3. The normalized spacial score (nSPS) is 11.7. The van der Waals surface area contributed by atoms with Gasteiger partial charge in [-0.3, -0.25) is 0 Å². The second-order valence-electron chi connectivity index (χ2n) is 15.1. The van der Waals surface area contributed by atoms with Crippen LogP contribution in [-0.4, -0.2) is 23.0 Å². The van der Waals surface area contributed by atoms with Crippen LogP contribution in [0.15, 0.2) is 229 Å². The highest BCUT2D eigenvalue weighted by atomic mass is 28.3. The zero-order valence-electron chi connectivity index (χ0n) is 32.6. The van der Waals surface area contributed by atoms with Gasteiger partial charge in [-0.15, -0.1) is 0 Å². The van der Waals surface area contributed by atoms with Crippen LogP contribution < -0.4 is 20.7 Å². The molecule has 0 N–H and O–H groups in total. The standard InChI is InChI=1S/C55H37N3OSi/c1-4-17-44(18-5-1)60(45-19-6-2-7-20-45,46-21-8-3-9-22-46)47-35-33-41(34-36-47)54-56-53(40-30-27-39(28-31-40)43-32-29-38-15-10-11-16-42(38)37-43)57-55(58-54)49-24-14-26-51-52(49)48-23-12-13-25-50(48)59-51/h1-37H. The summed E-state index contributed by atoms with van der Waals surface area (Å²) in [5.41, 5.74) is 6.65. The Hall–Kier alpha value is -7.73. The fraction of sp³-hybridized carbons (Fsp3) is 0. The number of furan rings is 1. The highest BCUT2D eigenvalue weighted by Crippen LogP contribution is 2.37. The van der Waals surface area contributed by atoms with E-state index in [2.05, 4.69) is 194 Å². The lowest BCUT2D eigenvalue weighted by molar-refractivity contribution is 0.669. The molecule has 4 nitrogen and oxygen atoms in total. The molecule has 0 aliphatic heterocycles. The van der Waals surface area contributed by atoms with E-state index >= 15 is 0 Å². The number of para-hydroxylation sites is 1. The van der Waals surface area contributed by atoms with Crippen molar-refractivity contribution in [1.29, 1.82) is 0 Å². The predicted octanol–water partition coefficient (Wildman–Crippen LogP) is 11.0. The van der Waals surface area contributed by atoms with Crippen molar-refractivity contribution in [1.82, 2.24) is 15.0 Å². The molecule has 0 amide bonds. The van der Waals surface area contributed by atoms with Crippen molar-refractivity contribution in [3.63, 3.8) is 0 Å². The van der Waals surface area contributed by atoms with Gasteiger partial charge in [0.1, 0.15) is 11.2 Å². The summed E-state index contributed by atoms with van der Waals surface area (Å²) in [6.45, 7) is 0. The van der Waals surface area contributed by atoms with Crippen molar-refractivity contribution in [2.75, 3.05) is 0 Å². The third kappa shape index (κ3) is 6.11. The molecule has 0 fully saturated rings. The van der Waals surface area contributed by atoms with Gasteiger partial charge >= 0.3 is 0 Å². The molecule has 0 bridgehead atoms. The molecular weight excluding hydrogens is 747 g/mol. The van der Waals surface area contributed by atoms with Crippen LogP contribution in [0.3, 0.4) is 0 Å². The lowest BCUT2D eigenvalue weighted by atomic mass is 10.00. The first-order valence-corrected chi connectivity index (χ1v) is 22.3. The molecule has 0 saturated heterocycles. The highest BCUT2D eigenvalue weighted by molar-refractivity contribution is 7.19. The van der Waals surface area contributed by atoms with E-state index in [9.17, 15) is 0 Å². The Morgan fingerprint density at radius 2 is 0.783 bits per heavy atom. The van der Waals surface area contributed by atoms with Gasteiger partial charge in [0.2, 0.25) is 0 Å². The lowest BCUT2D eigenvalue weighted by Crippen LogP contribution is -2.74. The van der Waals surface area contributed by atoms with E-state index in [0.29, 0.717) is 17.5 Å². The van der Waals surface area contributed by atoms with Crippen molar-refractivity contribution >= 4 is 61.5 Å². The Morgan fingerprint density at radius 1 is 0.317 bits per heavy atom. The number of hydrogen-bond donors (Lipinski definition) is 0. The van der Waals surface area contributed by atoms with Crippen LogP contribution in [-0.2, 0) is 0 Å². The van der Waals surface area contributed by atoms with E-state index in [1.54, 1.807) is 0 Å². The second-order valence-corrected chi connectivity index (χ2v) is 19.0. The second kappa shape index (κ2) is 14.9. The van der Waals surface area contributed by atoms with E-state index < -0.39 is 8.07 Å². The number of rotatable bonds is 8. The van der Waals surface area contributed by atoms with Gasteiger partial charge in [-0.25, -0.2) is 15.0 Å². The monoisotopic (exact) mass is 783 g/mol. The maximum absolute atomic E-state index is 6.31. The van der Waals surface area contributed by atoms with Crippen molar-refractivity contribution in [3.8, 4) is 45.3 Å². The van der Waals surface area contributed by atoms with Crippen molar-refractivity contribution < 1.29 is 4.42 Å². The van der Waals surface area contributed by atoms with Gasteiger partial charge in [0.25, 0.3) is 0 Å². The molecule has 5 heteroatoms. The largest absolute Gasteiger partial charge is 0.456 e. The van der Waals surface area contributed by atoms with Crippen molar-refractivity contribution in [2.24, 2.45) is 0 Å². The quantitative estimate of drug-likeness (QED) is 0.114. The molecule has 11 rings (SSSR count). The van der Waals surface area contributed by atoms with E-state index in [1.807, 2.05) is 30.3 Å². The molecule has 0 unspecified atom stereocenters. The number of hydrogen-bond acceptors (Lipinski definition) is 4. The number of benzene rings is 9. The molecular formula is C55H37N3OSi. The number of nitrogens with zero attached hydrogens (tertiary/aromatic N) is 3. The van der Waals surface area contributed by atoms with Crippen molar-refractivity contribution in [2.45, 2.75) is 0 Å². The average Bonchev–Trinajstić information content (AvgIpc) is 3.72. The third-order valence-electron chi connectivity index (χ3n) is 11.7. The summed E-state index contributed by atoms with van der Waals surface area (Å²) in [6.07, 6.45) is 0. The molecule has 2 heterocycles. The van der Waals surface area contributed by atoms with Crippen LogP contribution in [0.4, 0.5) is 0 Å². The molecule has 0 aliphatic carbocycles. The molecule has 0 spiro atoms. The van der Waals surface area contributed by atoms with Gasteiger partial charge in [0, 0.05) is 27.5 Å². The Morgan fingerprint density at radius 3 is 1.42 bits per heavy atom. The summed E-state index contributed by atoms with van der Waals surface area (Å²) in [5.74, 6) is 1.81. The van der Waals surface area contributed by atoms with Gasteiger partial charge in [0.15, 0.2) is 25.5 Å². The summed E-state index contributed by atoms with van der Waals surface area (Å²) in [7, 11) is -2.71. The van der Waals surface area contributed by atoms with E-state index in [0.717, 1.165) is 49.8 Å². The van der Waals surface area contributed by atoms with Crippen LogP contribution in [0, 0.1) is 0 Å². The van der Waals surface area contributed by atoms with Crippen molar-refractivity contribution in [3.05, 3.63) is 224 Å². The minimum atomic E-state index is -2.71. The predicted molar refractivity (Wildman–Crippen MR) is 250 cm³/mol. The number of aromatic nitrogens is 3. The van der Waals surface area contributed by atoms with Gasteiger partial charge < -0.3 is 4.42 Å². The molecule has 11 aromatic rings. The molecule has 0 saturated carbocycles. The zero-order chi connectivity index (χ0) is 39.9. The Labute approximate surface area is 349 Å². The smallest absolute Gasteiger partial charge is 0.179 e. The SMILES string of the molecule is c1ccc([Si](c2ccccc2)(c2ccccc2)c2ccc(-c3nc(-c4ccc(-c5ccc6ccccc6c5)cc4)nc(-c4cccc5oc6ccccc6c45)n3)cc2)cc1. The topological polar surface area (TPSA) is 51.8 Å². The van der Waals surface area contributed by atoms with Crippen LogP contribution in [0.25, 0.3) is 78.0 Å². The Balaban J connectivity index is 1.07. The Bertz CT molecular complexity index is 3200. The van der Waals surface area contributed by atoms with Crippen LogP contribution >= 0.6 is 0 Å². The molecule has 60 heavy (non-hydrogen) atoms. The van der Waals surface area contributed by atoms with Gasteiger partial charge in [-0.2, -0.15) is 0 Å². The van der Waals surface area contributed by atoms with Crippen LogP contribution in [0.2, 0.25) is 0 Å². The minimum absolute atomic E-state index is 0.594. The first kappa shape index (κ1) is 35.4. The lowest BCUT2D eigenvalue weighted by Gasteiger charge is -2.34. The first-order chi connectivity index (χ1) is 29.7. The van der Waals surface area contributed by atoms with Gasteiger partial charge in [-0.05, 0) is 60.8 Å². The number of fused-ring (bicyclic) bond motifs is 4. The van der Waals surface area contributed by atoms with Crippen LogP contribution in [0.1, 0.15) is 0 Å². The van der Waals surface area contributed by atoms with Gasteiger partial charge in [0.05, 0.1) is 0 Å². The van der Waals surface area contributed by atoms with Gasteiger partial charge in [-0.1, -0.05) is 206 Å². The molecule has 9 aromatic carbocycles. The molecule has 282 valence electrons. The summed E-state index contributed by atoms with van der Waals surface area (Å²) in [5, 5.41) is 9.72. The molecule has 0 radical (unpaired) electrons. The fourth-order valence-electron chi connectivity index (χ4n) is 8.83. The summed E-state index contributed by atoms with van der Waals surface area (Å²) in [6, 6.07) is 79.8. The third-order valence-corrected chi connectivity index (χ3v) is 16.5. The molecule has 0 aliphatic rings. The fourth-order valence-corrected chi connectivity index (χ4v) is 13.6. The maximum atomic E-state index is 6.31. The average molecular weight is 784 g/mol. The Kier molecular flexibility index (Phi) is 8.79. The van der Waals surface area contributed by atoms with Crippen LogP contribution in [0.5, 0.6) is 0 Å². The van der Waals surface area contributed by atoms with E-state index in [4.69, 9.17) is 19.4 Å². The zero-order valence-corrected chi connectivity index (χ0v) is 33.6.